The summed E-state index contributed by atoms with van der Waals surface area (Å²) in [6, 6.07) is 0. The van der Waals surface area contributed by atoms with Crippen LogP contribution >= 0.6 is 0 Å². The largest absolute Gasteiger partial charge is 0.514 e. The number of carboxylic acids is 1. The second-order valence-electron chi connectivity index (χ2n) is 9.73. The Hall–Kier alpha value is -0.923. The second-order valence-corrected chi connectivity index (χ2v) is 14.5. The lowest BCUT2D eigenvalue weighted by molar-refractivity contribution is -0.932. The summed E-state index contributed by atoms with van der Waals surface area (Å²) in [5.74, 6) is -1.08. The standard InChI is InChI=1S/C18H35NO5Si/c1-10-18(14(20)21)13(24-25(8,9)17(5,6)7)11-12-19(18,15(22)23)16(2,3)4/h13H,10-12H2,1-9H3,(H-,20,21,22,23)/p+1/t13-,18+,19?/m1/s1. The van der Waals surface area contributed by atoms with Gasteiger partial charge in [0.05, 0.1) is 6.54 Å². The lowest BCUT2D eigenvalue weighted by atomic mass is 9.84. The van der Waals surface area contributed by atoms with Gasteiger partial charge in [0.1, 0.15) is 11.6 Å². The Morgan fingerprint density at radius 1 is 1.16 bits per heavy atom. The third kappa shape index (κ3) is 3.04. The summed E-state index contributed by atoms with van der Waals surface area (Å²) in [6.07, 6.45) is -1.04. The summed E-state index contributed by atoms with van der Waals surface area (Å²) in [4.78, 5) is 24.9. The van der Waals surface area contributed by atoms with Crippen LogP contribution in [0.3, 0.4) is 0 Å². The second kappa shape index (κ2) is 6.35. The highest BCUT2D eigenvalue weighted by Crippen LogP contribution is 2.50. The highest BCUT2D eigenvalue weighted by Gasteiger charge is 2.74. The third-order valence-electron chi connectivity index (χ3n) is 6.56. The molecule has 1 aliphatic rings. The van der Waals surface area contributed by atoms with Gasteiger partial charge in [-0.25, -0.2) is 9.28 Å². The lowest BCUT2D eigenvalue weighted by Crippen LogP contribution is -2.77. The summed E-state index contributed by atoms with van der Waals surface area (Å²) < 4.78 is 6.02. The molecule has 7 heteroatoms. The molecule has 1 amide bonds. The van der Waals surface area contributed by atoms with Gasteiger partial charge < -0.3 is 14.6 Å². The molecule has 25 heavy (non-hydrogen) atoms. The van der Waals surface area contributed by atoms with Gasteiger partial charge in [-0.15, -0.1) is 0 Å². The van der Waals surface area contributed by atoms with Crippen molar-refractivity contribution in [1.29, 1.82) is 0 Å². The molecule has 0 aromatic rings. The van der Waals surface area contributed by atoms with Crippen LogP contribution < -0.4 is 0 Å². The van der Waals surface area contributed by atoms with Crippen molar-refractivity contribution in [1.82, 2.24) is 0 Å². The van der Waals surface area contributed by atoms with Gasteiger partial charge in [-0.05, 0) is 38.9 Å². The van der Waals surface area contributed by atoms with Gasteiger partial charge in [-0.2, -0.15) is 4.79 Å². The SMILES string of the molecule is CC[C@@]1(C(=O)O)[C@H](O[Si](C)(C)C(C)(C)C)CC[N+]1(C(=O)O)C(C)(C)C. The van der Waals surface area contributed by atoms with Crippen LogP contribution in [-0.2, 0) is 9.22 Å². The minimum absolute atomic E-state index is 0.0752. The average molecular weight is 375 g/mol. The minimum atomic E-state index is -2.24. The summed E-state index contributed by atoms with van der Waals surface area (Å²) in [5.41, 5.74) is -2.24. The molecule has 0 saturated carbocycles. The van der Waals surface area contributed by atoms with Crippen LogP contribution in [0.15, 0.2) is 0 Å². The first-order chi connectivity index (χ1) is 11.0. The topological polar surface area (TPSA) is 83.8 Å². The zero-order chi connectivity index (χ0) is 20.1. The van der Waals surface area contributed by atoms with E-state index in [1.807, 2.05) is 20.8 Å². The van der Waals surface area contributed by atoms with Crippen LogP contribution in [0.25, 0.3) is 0 Å². The van der Waals surface area contributed by atoms with Crippen molar-refractivity contribution in [3.05, 3.63) is 0 Å². The van der Waals surface area contributed by atoms with Gasteiger partial charge in [-0.3, -0.25) is 0 Å². The smallest absolute Gasteiger partial charge is 0.477 e. The Labute approximate surface area is 152 Å². The normalized spacial score (nSPS) is 31.2. The van der Waals surface area contributed by atoms with E-state index in [1.54, 1.807) is 6.92 Å². The molecule has 1 fully saturated rings. The molecule has 3 atom stereocenters. The number of rotatable bonds is 4. The molecule has 146 valence electrons. The quantitative estimate of drug-likeness (QED) is 0.566. The van der Waals surface area contributed by atoms with Crippen LogP contribution in [-0.4, -0.2) is 58.8 Å². The molecule has 1 unspecified atom stereocenters. The Bertz CT molecular complexity index is 549. The van der Waals surface area contributed by atoms with E-state index in [-0.39, 0.29) is 18.0 Å². The number of carboxylic acid groups (broad SMARTS) is 2. The first-order valence-corrected chi connectivity index (χ1v) is 11.9. The van der Waals surface area contributed by atoms with Crippen LogP contribution in [0.2, 0.25) is 18.1 Å². The van der Waals surface area contributed by atoms with E-state index >= 15 is 0 Å². The van der Waals surface area contributed by atoms with Crippen LogP contribution in [0.5, 0.6) is 0 Å². The zero-order valence-electron chi connectivity index (χ0n) is 17.3. The molecule has 0 aliphatic carbocycles. The van der Waals surface area contributed by atoms with E-state index in [2.05, 4.69) is 33.9 Å². The number of carbonyl (C=O) groups is 2. The molecule has 2 N–H and O–H groups in total. The van der Waals surface area contributed by atoms with Crippen molar-refractivity contribution in [3.63, 3.8) is 0 Å². The fraction of sp³-hybridized carbons (Fsp3) is 0.889. The van der Waals surface area contributed by atoms with E-state index in [1.165, 1.54) is 0 Å². The van der Waals surface area contributed by atoms with Gasteiger partial charge in [0.15, 0.2) is 8.32 Å². The van der Waals surface area contributed by atoms with Crippen molar-refractivity contribution in [2.75, 3.05) is 6.54 Å². The van der Waals surface area contributed by atoms with Crippen LogP contribution in [0.4, 0.5) is 4.79 Å². The van der Waals surface area contributed by atoms with Crippen molar-refractivity contribution in [2.45, 2.75) is 96.6 Å². The molecule has 0 aromatic heterocycles. The molecule has 0 spiro atoms. The van der Waals surface area contributed by atoms with Gasteiger partial charge >= 0.3 is 12.1 Å². The monoisotopic (exact) mass is 374 g/mol. The molecule has 6 nitrogen and oxygen atoms in total. The minimum Gasteiger partial charge on any atom is -0.477 e. The Balaban J connectivity index is 3.60. The van der Waals surface area contributed by atoms with Crippen molar-refractivity contribution >= 4 is 20.4 Å². The fourth-order valence-electron chi connectivity index (χ4n) is 4.12. The van der Waals surface area contributed by atoms with Gasteiger partial charge in [-0.1, -0.05) is 27.7 Å². The van der Waals surface area contributed by atoms with E-state index in [9.17, 15) is 19.8 Å². The molecule has 1 heterocycles. The maximum Gasteiger partial charge on any atom is 0.514 e. The van der Waals surface area contributed by atoms with Crippen LogP contribution in [0, 0.1) is 0 Å². The van der Waals surface area contributed by atoms with Crippen LogP contribution in [0.1, 0.15) is 61.3 Å². The van der Waals surface area contributed by atoms with E-state index in [0.29, 0.717) is 6.42 Å². The molecule has 0 aromatic carbocycles. The first kappa shape index (κ1) is 22.1. The summed E-state index contributed by atoms with van der Waals surface area (Å²) in [5, 5.41) is 20.3. The number of nitrogens with zero attached hydrogens (tertiary/aromatic N) is 1. The van der Waals surface area contributed by atoms with Crippen molar-refractivity contribution in [3.8, 4) is 0 Å². The average Bonchev–Trinajstić information content (AvgIpc) is 2.72. The Kier molecular flexibility index (Phi) is 5.62. The molecular formula is C18H36NO5Si+. The van der Waals surface area contributed by atoms with E-state index in [0.717, 1.165) is 0 Å². The van der Waals surface area contributed by atoms with Gasteiger partial charge in [0.25, 0.3) is 0 Å². The molecular weight excluding hydrogens is 338 g/mol. The van der Waals surface area contributed by atoms with Crippen molar-refractivity contribution in [2.24, 2.45) is 0 Å². The number of hydrogen-bond acceptors (Lipinski definition) is 3. The van der Waals surface area contributed by atoms with Gasteiger partial charge in [0, 0.05) is 12.8 Å². The molecule has 1 saturated heterocycles. The molecule has 1 rings (SSSR count). The lowest BCUT2D eigenvalue weighted by Gasteiger charge is -2.51. The zero-order valence-corrected chi connectivity index (χ0v) is 18.3. The van der Waals surface area contributed by atoms with E-state index in [4.69, 9.17) is 4.43 Å². The third-order valence-corrected chi connectivity index (χ3v) is 11.1. The maximum atomic E-state index is 12.5. The fourth-order valence-corrected chi connectivity index (χ4v) is 5.50. The highest BCUT2D eigenvalue weighted by molar-refractivity contribution is 6.74. The first-order valence-electron chi connectivity index (χ1n) is 9.04. The summed E-state index contributed by atoms with van der Waals surface area (Å²) >= 11 is 0. The number of amides is 1. The van der Waals surface area contributed by atoms with Gasteiger partial charge in [0.2, 0.25) is 5.54 Å². The number of likely N-dealkylation sites (tertiary alicyclic amines) is 1. The maximum absolute atomic E-state index is 12.5. The molecule has 0 bridgehead atoms. The summed E-state index contributed by atoms with van der Waals surface area (Å²) in [6.45, 7) is 17.9. The number of quaternary nitrogens is 1. The predicted molar refractivity (Wildman–Crippen MR) is 100 cm³/mol. The Morgan fingerprint density at radius 3 is 1.92 bits per heavy atom. The van der Waals surface area contributed by atoms with E-state index < -0.39 is 42.0 Å². The highest BCUT2D eigenvalue weighted by atomic mass is 28.4. The number of aliphatic carboxylic acids is 1. The Morgan fingerprint density at radius 2 is 1.64 bits per heavy atom. The predicted octanol–water partition coefficient (Wildman–Crippen LogP) is 4.31. The van der Waals surface area contributed by atoms with Crippen molar-refractivity contribution < 1.29 is 28.7 Å². The molecule has 0 radical (unpaired) electrons. The molecule has 1 aliphatic heterocycles. The summed E-state index contributed by atoms with van der Waals surface area (Å²) in [7, 11) is -2.24. The number of hydrogen-bond donors (Lipinski definition) is 2.